The molecule has 0 aliphatic heterocycles. The molecule has 12 heteroatoms. The van der Waals surface area contributed by atoms with E-state index in [1.807, 2.05) is 6.07 Å². The molecule has 222 valence electrons. The molecule has 1 fully saturated rings. The maximum absolute atomic E-state index is 13.2. The summed E-state index contributed by atoms with van der Waals surface area (Å²) in [7, 11) is -3.37. The molecule has 0 aromatic heterocycles. The lowest BCUT2D eigenvalue weighted by atomic mass is 9.98. The first-order valence-electron chi connectivity index (χ1n) is 13.2. The molecule has 42 heavy (non-hydrogen) atoms. The summed E-state index contributed by atoms with van der Waals surface area (Å²) in [5, 5.41) is 6.15. The van der Waals surface area contributed by atoms with Crippen LogP contribution in [-0.4, -0.2) is 39.0 Å². The predicted molar refractivity (Wildman–Crippen MR) is 157 cm³/mol. The van der Waals surface area contributed by atoms with Crippen molar-refractivity contribution < 1.29 is 26.4 Å². The molecule has 0 bridgehead atoms. The van der Waals surface area contributed by atoms with Gasteiger partial charge in [-0.1, -0.05) is 36.4 Å². The fourth-order valence-electron chi connectivity index (χ4n) is 4.20. The molecule has 0 radical (unpaired) electrons. The van der Waals surface area contributed by atoms with E-state index in [1.54, 1.807) is 60.7 Å². The largest absolute Gasteiger partial charge is 0.430 e. The number of anilines is 1. The molecule has 8 nitrogen and oxygen atoms in total. The van der Waals surface area contributed by atoms with Crippen LogP contribution in [0.2, 0.25) is 0 Å². The van der Waals surface area contributed by atoms with Crippen molar-refractivity contribution in [3.05, 3.63) is 101 Å². The van der Waals surface area contributed by atoms with Gasteiger partial charge in [-0.15, -0.1) is 0 Å². The maximum Gasteiger partial charge on any atom is 0.430 e. The molecule has 1 amide bonds. The summed E-state index contributed by atoms with van der Waals surface area (Å²) in [5.41, 5.74) is 11.7. The molecule has 3 aromatic rings. The lowest BCUT2D eigenvalue weighted by Crippen LogP contribution is -2.27. The second kappa shape index (κ2) is 12.9. The fraction of sp³-hybridized carbons (Fsp3) is 0.267. The molecule has 1 aliphatic carbocycles. The van der Waals surface area contributed by atoms with E-state index < -0.39 is 33.3 Å². The zero-order chi connectivity index (χ0) is 30.5. The van der Waals surface area contributed by atoms with E-state index in [-0.39, 0.29) is 23.2 Å². The van der Waals surface area contributed by atoms with Crippen molar-refractivity contribution in [1.82, 2.24) is 5.32 Å². The topological polar surface area (TPSA) is 140 Å². The number of carbonyl (C=O) groups excluding carboxylic acids is 1. The molecular formula is C30H32F3N5O3S. The summed E-state index contributed by atoms with van der Waals surface area (Å²) in [6.45, 7) is 0.931. The number of aliphatic imine (C=N–C) groups is 1. The van der Waals surface area contributed by atoms with Crippen molar-refractivity contribution in [3.63, 3.8) is 0 Å². The third-order valence-electron chi connectivity index (χ3n) is 6.67. The molecule has 1 aliphatic rings. The molecular weight excluding hydrogens is 567 g/mol. The van der Waals surface area contributed by atoms with Gasteiger partial charge >= 0.3 is 6.18 Å². The van der Waals surface area contributed by atoms with Crippen molar-refractivity contribution in [1.29, 1.82) is 0 Å². The van der Waals surface area contributed by atoms with Crippen LogP contribution in [-0.2, 0) is 21.2 Å². The number of hydrogen-bond donors (Lipinski definition) is 4. The van der Waals surface area contributed by atoms with E-state index >= 15 is 0 Å². The Morgan fingerprint density at radius 1 is 1.05 bits per heavy atom. The number of sulfone groups is 1. The first-order valence-corrected chi connectivity index (χ1v) is 15.1. The molecule has 6 N–H and O–H groups in total. The van der Waals surface area contributed by atoms with Gasteiger partial charge in [0, 0.05) is 18.5 Å². The molecule has 0 spiro atoms. The highest BCUT2D eigenvalue weighted by Gasteiger charge is 2.32. The van der Waals surface area contributed by atoms with Gasteiger partial charge < -0.3 is 22.1 Å². The minimum atomic E-state index is -4.85. The summed E-state index contributed by atoms with van der Waals surface area (Å²) >= 11 is 0. The third-order valence-corrected chi connectivity index (χ3v) is 7.80. The Bertz CT molecular complexity index is 1600. The normalized spacial score (nSPS) is 15.4. The van der Waals surface area contributed by atoms with Crippen molar-refractivity contribution in [2.24, 2.45) is 22.4 Å². The van der Waals surface area contributed by atoms with Gasteiger partial charge in [0.2, 0.25) is 0 Å². The van der Waals surface area contributed by atoms with E-state index in [2.05, 4.69) is 15.6 Å². The standard InChI is InChI=1S/C30H32F3N5O3S/c1-42(40,41)25-12-10-21(11-13-25)28(36-18-19-8-9-19)22-5-3-7-24(15-22)38-29(39)26(16-27(35)30(31,32)33)37-23-6-2-4-20(14-23)17-34/h2-7,10-16,19,28,36H,8-9,17-18,34-35H2,1H3,(H,38,39). The van der Waals surface area contributed by atoms with E-state index in [0.717, 1.165) is 36.8 Å². The number of halogens is 3. The summed E-state index contributed by atoms with van der Waals surface area (Å²) in [4.78, 5) is 17.6. The highest BCUT2D eigenvalue weighted by Crippen LogP contribution is 2.31. The number of alkyl halides is 3. The highest BCUT2D eigenvalue weighted by molar-refractivity contribution is 7.90. The van der Waals surface area contributed by atoms with Gasteiger partial charge in [-0.2, -0.15) is 13.2 Å². The van der Waals surface area contributed by atoms with Crippen LogP contribution in [0.5, 0.6) is 0 Å². The Morgan fingerprint density at radius 2 is 1.74 bits per heavy atom. The van der Waals surface area contributed by atoms with E-state index in [1.165, 1.54) is 6.07 Å². The van der Waals surface area contributed by atoms with Gasteiger partial charge in [-0.25, -0.2) is 13.4 Å². The first kappa shape index (κ1) is 30.9. The Kier molecular flexibility index (Phi) is 9.50. The minimum absolute atomic E-state index is 0.186. The Balaban J connectivity index is 1.65. The Morgan fingerprint density at radius 3 is 2.36 bits per heavy atom. The highest BCUT2D eigenvalue weighted by atomic mass is 32.2. The second-order valence-electron chi connectivity index (χ2n) is 10.2. The predicted octanol–water partition coefficient (Wildman–Crippen LogP) is 4.75. The van der Waals surface area contributed by atoms with Crippen LogP contribution in [0.25, 0.3) is 0 Å². The average Bonchev–Trinajstić information content (AvgIpc) is 3.77. The lowest BCUT2D eigenvalue weighted by molar-refractivity contribution is -0.110. The minimum Gasteiger partial charge on any atom is -0.395 e. The van der Waals surface area contributed by atoms with Crippen LogP contribution < -0.4 is 22.1 Å². The quantitative estimate of drug-likeness (QED) is 0.235. The van der Waals surface area contributed by atoms with E-state index in [4.69, 9.17) is 11.5 Å². The lowest BCUT2D eigenvalue weighted by Gasteiger charge is -2.21. The van der Waals surface area contributed by atoms with Crippen molar-refractivity contribution in [3.8, 4) is 0 Å². The van der Waals surface area contributed by atoms with Crippen molar-refractivity contribution in [2.75, 3.05) is 18.1 Å². The SMILES string of the molecule is CS(=O)(=O)c1ccc(C(NCC2CC2)c2cccc(NC(=O)C(C=C(N)C(F)(F)F)=Nc3cccc(CN)c3)c2)cc1. The summed E-state index contributed by atoms with van der Waals surface area (Å²) in [6, 6.07) is 19.6. The van der Waals surface area contributed by atoms with Crippen LogP contribution in [0.1, 0.15) is 35.6 Å². The van der Waals surface area contributed by atoms with E-state index in [0.29, 0.717) is 23.2 Å². The number of rotatable bonds is 11. The molecule has 1 atom stereocenters. The van der Waals surface area contributed by atoms with Crippen molar-refractivity contribution >= 4 is 32.8 Å². The number of nitrogens with two attached hydrogens (primary N) is 2. The van der Waals surface area contributed by atoms with Crippen LogP contribution in [0.3, 0.4) is 0 Å². The molecule has 0 heterocycles. The fourth-order valence-corrected chi connectivity index (χ4v) is 4.83. The average molecular weight is 600 g/mol. The van der Waals surface area contributed by atoms with Gasteiger partial charge in [0.15, 0.2) is 9.84 Å². The van der Waals surface area contributed by atoms with Gasteiger partial charge in [0.25, 0.3) is 5.91 Å². The van der Waals surface area contributed by atoms with Gasteiger partial charge in [0.1, 0.15) is 11.4 Å². The van der Waals surface area contributed by atoms with Crippen LogP contribution >= 0.6 is 0 Å². The molecule has 3 aromatic carbocycles. The summed E-state index contributed by atoms with van der Waals surface area (Å²) in [5.74, 6) is -0.342. The zero-order valence-corrected chi connectivity index (χ0v) is 23.7. The number of benzene rings is 3. The number of amides is 1. The van der Waals surface area contributed by atoms with Crippen LogP contribution in [0, 0.1) is 5.92 Å². The molecule has 1 unspecified atom stereocenters. The summed E-state index contributed by atoms with van der Waals surface area (Å²) in [6.07, 6.45) is -0.979. The van der Waals surface area contributed by atoms with Gasteiger partial charge in [-0.3, -0.25) is 4.79 Å². The maximum atomic E-state index is 13.2. The number of nitrogens with one attached hydrogen (secondary N) is 2. The van der Waals surface area contributed by atoms with Crippen molar-refractivity contribution in [2.45, 2.75) is 36.5 Å². The molecule has 4 rings (SSSR count). The number of allylic oxidation sites excluding steroid dienone is 1. The van der Waals surface area contributed by atoms with Gasteiger partial charge in [-0.05, 0) is 84.5 Å². The van der Waals surface area contributed by atoms with E-state index in [9.17, 15) is 26.4 Å². The number of carbonyl (C=O) groups is 1. The zero-order valence-electron chi connectivity index (χ0n) is 22.9. The van der Waals surface area contributed by atoms with Gasteiger partial charge in [0.05, 0.1) is 16.6 Å². The summed E-state index contributed by atoms with van der Waals surface area (Å²) < 4.78 is 63.6. The number of hydrogen-bond acceptors (Lipinski definition) is 7. The smallest absolute Gasteiger partial charge is 0.395 e. The monoisotopic (exact) mass is 599 g/mol. The Labute approximate surface area is 242 Å². The number of nitrogens with zero attached hydrogens (tertiary/aromatic N) is 1. The van der Waals surface area contributed by atoms with Crippen LogP contribution in [0.15, 0.2) is 94.5 Å². The molecule has 1 saturated carbocycles. The molecule has 0 saturated heterocycles. The Hall–Kier alpha value is -4.00. The second-order valence-corrected chi connectivity index (χ2v) is 12.2. The first-order chi connectivity index (χ1) is 19.8. The third kappa shape index (κ3) is 8.51. The van der Waals surface area contributed by atoms with Crippen LogP contribution in [0.4, 0.5) is 24.5 Å².